The summed E-state index contributed by atoms with van der Waals surface area (Å²) >= 11 is 1.89. The van der Waals surface area contributed by atoms with Gasteiger partial charge in [-0.25, -0.2) is 0 Å². The molecular weight excluding hydrogens is 207 g/mol. The molecule has 82 valence electrons. The van der Waals surface area contributed by atoms with Crippen LogP contribution in [0.1, 0.15) is 25.8 Å². The SMILES string of the molecule is CCC(C)SCc1cccc(B(O)O)c1. The highest BCUT2D eigenvalue weighted by atomic mass is 32.2. The van der Waals surface area contributed by atoms with Crippen LogP contribution in [0.15, 0.2) is 24.3 Å². The first-order valence-corrected chi connectivity index (χ1v) is 6.25. The van der Waals surface area contributed by atoms with Crippen molar-refractivity contribution in [1.82, 2.24) is 0 Å². The summed E-state index contributed by atoms with van der Waals surface area (Å²) in [4.78, 5) is 0. The van der Waals surface area contributed by atoms with Crippen LogP contribution in [0.4, 0.5) is 0 Å². The van der Waals surface area contributed by atoms with Crippen LogP contribution >= 0.6 is 11.8 Å². The van der Waals surface area contributed by atoms with E-state index in [1.54, 1.807) is 6.07 Å². The van der Waals surface area contributed by atoms with Crippen molar-refractivity contribution in [3.05, 3.63) is 29.8 Å². The Kier molecular flexibility index (Phi) is 5.22. The topological polar surface area (TPSA) is 40.5 Å². The van der Waals surface area contributed by atoms with Crippen molar-refractivity contribution in [2.75, 3.05) is 0 Å². The molecule has 15 heavy (non-hydrogen) atoms. The van der Waals surface area contributed by atoms with Crippen LogP contribution in [0.5, 0.6) is 0 Å². The van der Waals surface area contributed by atoms with E-state index in [0.29, 0.717) is 10.7 Å². The molecule has 2 N–H and O–H groups in total. The fourth-order valence-corrected chi connectivity index (χ4v) is 2.09. The molecule has 1 atom stereocenters. The number of thioether (sulfide) groups is 1. The molecule has 0 heterocycles. The van der Waals surface area contributed by atoms with E-state index in [2.05, 4.69) is 13.8 Å². The normalized spacial score (nSPS) is 12.5. The van der Waals surface area contributed by atoms with Crippen molar-refractivity contribution < 1.29 is 10.0 Å². The predicted molar refractivity (Wildman–Crippen MR) is 67.3 cm³/mol. The summed E-state index contributed by atoms with van der Waals surface area (Å²) in [5.74, 6) is 0.926. The highest BCUT2D eigenvalue weighted by molar-refractivity contribution is 7.99. The lowest BCUT2D eigenvalue weighted by molar-refractivity contribution is 0.425. The second kappa shape index (κ2) is 6.21. The van der Waals surface area contributed by atoms with E-state index < -0.39 is 7.12 Å². The van der Waals surface area contributed by atoms with Gasteiger partial charge in [0, 0.05) is 11.0 Å². The Morgan fingerprint density at radius 3 is 2.73 bits per heavy atom. The van der Waals surface area contributed by atoms with Gasteiger partial charge in [0.2, 0.25) is 0 Å². The smallest absolute Gasteiger partial charge is 0.423 e. The van der Waals surface area contributed by atoms with Gasteiger partial charge in [0.1, 0.15) is 0 Å². The van der Waals surface area contributed by atoms with Gasteiger partial charge in [-0.15, -0.1) is 0 Å². The van der Waals surface area contributed by atoms with Gasteiger partial charge < -0.3 is 10.0 Å². The van der Waals surface area contributed by atoms with Gasteiger partial charge >= 0.3 is 7.12 Å². The van der Waals surface area contributed by atoms with E-state index in [9.17, 15) is 0 Å². The summed E-state index contributed by atoms with van der Waals surface area (Å²) in [6, 6.07) is 7.45. The quantitative estimate of drug-likeness (QED) is 0.742. The van der Waals surface area contributed by atoms with E-state index >= 15 is 0 Å². The minimum absolute atomic E-state index is 0.567. The number of benzene rings is 1. The second-order valence-corrected chi connectivity index (χ2v) is 5.08. The Bertz CT molecular complexity index is 304. The molecule has 0 aromatic heterocycles. The number of hydrogen-bond acceptors (Lipinski definition) is 3. The molecule has 0 saturated carbocycles. The Hall–Kier alpha value is -0.445. The first-order chi connectivity index (χ1) is 7.13. The zero-order chi connectivity index (χ0) is 11.3. The van der Waals surface area contributed by atoms with Crippen molar-refractivity contribution in [2.45, 2.75) is 31.3 Å². The minimum atomic E-state index is -1.36. The summed E-state index contributed by atoms with van der Waals surface area (Å²) in [5, 5.41) is 18.7. The molecule has 0 aliphatic rings. The van der Waals surface area contributed by atoms with E-state index in [0.717, 1.165) is 17.7 Å². The molecule has 0 amide bonds. The largest absolute Gasteiger partial charge is 0.488 e. The van der Waals surface area contributed by atoms with E-state index in [-0.39, 0.29) is 0 Å². The van der Waals surface area contributed by atoms with Gasteiger partial charge in [0.15, 0.2) is 0 Å². The average molecular weight is 224 g/mol. The van der Waals surface area contributed by atoms with Crippen LogP contribution in [-0.4, -0.2) is 22.4 Å². The first kappa shape index (κ1) is 12.6. The Labute approximate surface area is 95.9 Å². The molecule has 1 unspecified atom stereocenters. The molecule has 1 rings (SSSR count). The van der Waals surface area contributed by atoms with E-state index in [4.69, 9.17) is 10.0 Å². The maximum atomic E-state index is 9.02. The highest BCUT2D eigenvalue weighted by Crippen LogP contribution is 2.18. The third kappa shape index (κ3) is 4.28. The predicted octanol–water partition coefficient (Wildman–Crippen LogP) is 1.40. The monoisotopic (exact) mass is 224 g/mol. The van der Waals surface area contributed by atoms with Crippen molar-refractivity contribution >= 4 is 24.3 Å². The van der Waals surface area contributed by atoms with Crippen molar-refractivity contribution in [3.63, 3.8) is 0 Å². The minimum Gasteiger partial charge on any atom is -0.423 e. The molecule has 0 fully saturated rings. The zero-order valence-corrected chi connectivity index (χ0v) is 10.00. The Morgan fingerprint density at radius 2 is 2.13 bits per heavy atom. The molecule has 0 bridgehead atoms. The van der Waals surface area contributed by atoms with Crippen molar-refractivity contribution in [2.24, 2.45) is 0 Å². The van der Waals surface area contributed by atoms with Crippen LogP contribution in [0.25, 0.3) is 0 Å². The fourth-order valence-electron chi connectivity index (χ4n) is 1.20. The van der Waals surface area contributed by atoms with Gasteiger partial charge in [-0.05, 0) is 17.4 Å². The standard InChI is InChI=1S/C11H17BO2S/c1-3-9(2)15-8-10-5-4-6-11(7-10)12(13)14/h4-7,9,13-14H,3,8H2,1-2H3. The van der Waals surface area contributed by atoms with Gasteiger partial charge in [-0.3, -0.25) is 0 Å². The van der Waals surface area contributed by atoms with Crippen LogP contribution in [-0.2, 0) is 5.75 Å². The second-order valence-electron chi connectivity index (χ2n) is 3.65. The molecule has 0 saturated heterocycles. The van der Waals surface area contributed by atoms with Crippen LogP contribution in [0, 0.1) is 0 Å². The number of rotatable bonds is 5. The lowest BCUT2D eigenvalue weighted by Gasteiger charge is -2.08. The average Bonchev–Trinajstić information content (AvgIpc) is 2.26. The van der Waals surface area contributed by atoms with Crippen LogP contribution in [0.2, 0.25) is 0 Å². The van der Waals surface area contributed by atoms with Crippen LogP contribution < -0.4 is 5.46 Å². The third-order valence-corrected chi connectivity index (χ3v) is 3.76. The molecule has 2 nitrogen and oxygen atoms in total. The highest BCUT2D eigenvalue weighted by Gasteiger charge is 2.10. The Morgan fingerprint density at radius 1 is 1.40 bits per heavy atom. The maximum Gasteiger partial charge on any atom is 0.488 e. The lowest BCUT2D eigenvalue weighted by Crippen LogP contribution is -2.29. The summed E-state index contributed by atoms with van der Waals surface area (Å²) in [5.41, 5.74) is 1.71. The zero-order valence-electron chi connectivity index (χ0n) is 9.18. The Balaban J connectivity index is 2.58. The van der Waals surface area contributed by atoms with Gasteiger partial charge in [0.05, 0.1) is 0 Å². The molecule has 0 aliphatic carbocycles. The van der Waals surface area contributed by atoms with E-state index in [1.165, 1.54) is 0 Å². The lowest BCUT2D eigenvalue weighted by atomic mass is 9.80. The van der Waals surface area contributed by atoms with Crippen LogP contribution in [0.3, 0.4) is 0 Å². The van der Waals surface area contributed by atoms with Gasteiger partial charge in [-0.1, -0.05) is 38.1 Å². The molecule has 1 aromatic carbocycles. The molecule has 1 aromatic rings. The summed E-state index contributed by atoms with van der Waals surface area (Å²) in [7, 11) is -1.36. The maximum absolute atomic E-state index is 9.02. The van der Waals surface area contributed by atoms with Gasteiger partial charge in [0.25, 0.3) is 0 Å². The molecule has 0 spiro atoms. The number of hydrogen-bond donors (Lipinski definition) is 2. The summed E-state index contributed by atoms with van der Waals surface area (Å²) in [6.45, 7) is 4.38. The van der Waals surface area contributed by atoms with Crippen molar-refractivity contribution in [3.8, 4) is 0 Å². The fraction of sp³-hybridized carbons (Fsp3) is 0.455. The van der Waals surface area contributed by atoms with Gasteiger partial charge in [-0.2, -0.15) is 11.8 Å². The molecule has 4 heteroatoms. The summed E-state index contributed by atoms with van der Waals surface area (Å²) in [6.07, 6.45) is 1.16. The summed E-state index contributed by atoms with van der Waals surface area (Å²) < 4.78 is 0. The van der Waals surface area contributed by atoms with E-state index in [1.807, 2.05) is 30.0 Å². The molecule has 0 aliphatic heterocycles. The van der Waals surface area contributed by atoms with Crippen molar-refractivity contribution in [1.29, 1.82) is 0 Å². The molecule has 0 radical (unpaired) electrons. The molecular formula is C11H17BO2S. The third-order valence-electron chi connectivity index (χ3n) is 2.36. The first-order valence-electron chi connectivity index (χ1n) is 5.20.